The van der Waals surface area contributed by atoms with Gasteiger partial charge < -0.3 is 5.32 Å². The van der Waals surface area contributed by atoms with E-state index in [2.05, 4.69) is 5.32 Å². The Bertz CT molecular complexity index is 770. The summed E-state index contributed by atoms with van der Waals surface area (Å²) in [7, 11) is -3.56. The Morgan fingerprint density at radius 1 is 1.36 bits per heavy atom. The smallest absolute Gasteiger partial charge is 0.270 e. The van der Waals surface area contributed by atoms with Crippen molar-refractivity contribution in [3.05, 3.63) is 50.7 Å². The van der Waals surface area contributed by atoms with E-state index in [1.165, 1.54) is 17.0 Å². The van der Waals surface area contributed by atoms with Gasteiger partial charge in [-0.3, -0.25) is 10.1 Å². The second-order valence-corrected chi connectivity index (χ2v) is 7.97. The zero-order valence-corrected chi connectivity index (χ0v) is 13.8. The van der Waals surface area contributed by atoms with Crippen molar-refractivity contribution in [2.24, 2.45) is 0 Å². The molecule has 1 atom stereocenters. The van der Waals surface area contributed by atoms with Crippen LogP contribution in [0, 0.1) is 10.1 Å². The topological polar surface area (TPSA) is 89.3 Å². The number of nitro groups is 1. The minimum Gasteiger partial charge on any atom is -0.383 e. The third kappa shape index (κ3) is 3.83. The summed E-state index contributed by atoms with van der Waals surface area (Å²) in [6.07, 6.45) is 1.04. The second-order valence-electron chi connectivity index (χ2n) is 5.01. The molecule has 118 valence electrons. The molecule has 0 aliphatic heterocycles. The van der Waals surface area contributed by atoms with Gasteiger partial charge in [-0.2, -0.15) is 0 Å². The van der Waals surface area contributed by atoms with Crippen LogP contribution in [-0.2, 0) is 9.84 Å². The van der Waals surface area contributed by atoms with Crippen molar-refractivity contribution in [3.63, 3.8) is 0 Å². The number of thiophene rings is 1. The molecule has 2 aromatic rings. The molecule has 0 saturated heterocycles. The Labute approximate surface area is 132 Å². The summed E-state index contributed by atoms with van der Waals surface area (Å²) in [5.41, 5.74) is 0.147. The first-order valence-corrected chi connectivity index (χ1v) is 9.32. The fraction of sp³-hybridized carbons (Fsp3) is 0.286. The van der Waals surface area contributed by atoms with Gasteiger partial charge in [-0.25, -0.2) is 8.42 Å². The molecule has 1 aromatic heterocycles. The fourth-order valence-corrected chi connectivity index (χ4v) is 3.67. The molecule has 22 heavy (non-hydrogen) atoms. The van der Waals surface area contributed by atoms with Crippen molar-refractivity contribution in [1.29, 1.82) is 0 Å². The lowest BCUT2D eigenvalue weighted by Crippen LogP contribution is -2.12. The lowest BCUT2D eigenvalue weighted by Gasteiger charge is -2.14. The first kappa shape index (κ1) is 16.4. The highest BCUT2D eigenvalue weighted by molar-refractivity contribution is 7.90. The van der Waals surface area contributed by atoms with Crippen LogP contribution in [0.3, 0.4) is 0 Å². The quantitative estimate of drug-likeness (QED) is 0.644. The fourth-order valence-electron chi connectivity index (χ4n) is 2.01. The number of hydrogen-bond donors (Lipinski definition) is 1. The van der Waals surface area contributed by atoms with Gasteiger partial charge in [0.25, 0.3) is 5.69 Å². The van der Waals surface area contributed by atoms with Gasteiger partial charge in [0.05, 0.1) is 15.5 Å². The third-order valence-electron chi connectivity index (χ3n) is 3.20. The predicted molar refractivity (Wildman–Crippen MR) is 87.4 cm³/mol. The van der Waals surface area contributed by atoms with Crippen LogP contribution >= 0.6 is 11.3 Å². The first-order valence-electron chi connectivity index (χ1n) is 6.55. The number of hydrogen-bond acceptors (Lipinski definition) is 6. The summed E-state index contributed by atoms with van der Waals surface area (Å²) < 4.78 is 23.7. The molecule has 0 amide bonds. The number of nitro benzene ring substituents is 1. The second kappa shape index (κ2) is 6.45. The van der Waals surface area contributed by atoms with Crippen LogP contribution in [-0.4, -0.2) is 26.1 Å². The molecule has 0 aliphatic rings. The van der Waals surface area contributed by atoms with Crippen molar-refractivity contribution in [2.45, 2.75) is 17.7 Å². The molecular formula is C14H16N2O4S2. The average Bonchev–Trinajstić information content (AvgIpc) is 2.97. The SMILES string of the molecule is C[C@@H](CNc1ccc([N+](=O)[O-])cc1S(C)(=O)=O)c1cccs1. The molecule has 1 N–H and O–H groups in total. The standard InChI is InChI=1S/C14H16N2O4S2/c1-10(13-4-3-7-21-13)9-15-12-6-5-11(16(17)18)8-14(12)22(2,19)20/h3-8,10,15H,9H2,1-2H3/t10-/m0/s1. The molecule has 0 unspecified atom stereocenters. The van der Waals surface area contributed by atoms with Crippen LogP contribution in [0.5, 0.6) is 0 Å². The van der Waals surface area contributed by atoms with Crippen molar-refractivity contribution in [3.8, 4) is 0 Å². The van der Waals surface area contributed by atoms with Gasteiger partial charge in [0.2, 0.25) is 0 Å². The number of anilines is 1. The molecule has 0 saturated carbocycles. The third-order valence-corrected chi connectivity index (χ3v) is 5.44. The van der Waals surface area contributed by atoms with Crippen LogP contribution in [0.4, 0.5) is 11.4 Å². The average molecular weight is 340 g/mol. The van der Waals surface area contributed by atoms with Crippen molar-refractivity contribution >= 4 is 32.5 Å². The van der Waals surface area contributed by atoms with Gasteiger partial charge in [0, 0.05) is 35.7 Å². The van der Waals surface area contributed by atoms with Gasteiger partial charge in [0.15, 0.2) is 9.84 Å². The molecule has 1 aromatic carbocycles. The normalized spacial score (nSPS) is 12.8. The summed E-state index contributed by atoms with van der Waals surface area (Å²) >= 11 is 1.63. The van der Waals surface area contributed by atoms with Crippen molar-refractivity contribution in [2.75, 3.05) is 18.1 Å². The molecular weight excluding hydrogens is 324 g/mol. The van der Waals surface area contributed by atoms with E-state index < -0.39 is 14.8 Å². The van der Waals surface area contributed by atoms with Crippen LogP contribution in [0.1, 0.15) is 17.7 Å². The molecule has 1 heterocycles. The van der Waals surface area contributed by atoms with E-state index in [4.69, 9.17) is 0 Å². The van der Waals surface area contributed by atoms with Crippen LogP contribution in [0.15, 0.2) is 40.6 Å². The maximum Gasteiger partial charge on any atom is 0.270 e. The minimum absolute atomic E-state index is 0.0555. The summed E-state index contributed by atoms with van der Waals surface area (Å²) in [5, 5.41) is 15.9. The number of rotatable bonds is 6. The van der Waals surface area contributed by atoms with Crippen LogP contribution in [0.25, 0.3) is 0 Å². The highest BCUT2D eigenvalue weighted by atomic mass is 32.2. The number of benzene rings is 1. The monoisotopic (exact) mass is 340 g/mol. The number of nitrogens with zero attached hydrogens (tertiary/aromatic N) is 1. The summed E-state index contributed by atoms with van der Waals surface area (Å²) in [6.45, 7) is 2.57. The van der Waals surface area contributed by atoms with Crippen LogP contribution < -0.4 is 5.32 Å². The summed E-state index contributed by atoms with van der Waals surface area (Å²) in [6, 6.07) is 7.81. The van der Waals surface area contributed by atoms with E-state index in [1.54, 1.807) is 11.3 Å². The Hall–Kier alpha value is -1.93. The number of non-ortho nitro benzene ring substituents is 1. The van der Waals surface area contributed by atoms with Crippen LogP contribution in [0.2, 0.25) is 0 Å². The lowest BCUT2D eigenvalue weighted by molar-refractivity contribution is -0.385. The Kier molecular flexibility index (Phi) is 4.82. The largest absolute Gasteiger partial charge is 0.383 e. The van der Waals surface area contributed by atoms with Gasteiger partial charge in [-0.15, -0.1) is 11.3 Å². The van der Waals surface area contributed by atoms with E-state index in [9.17, 15) is 18.5 Å². The Balaban J connectivity index is 2.25. The van der Waals surface area contributed by atoms with E-state index in [-0.39, 0.29) is 16.5 Å². The molecule has 0 radical (unpaired) electrons. The highest BCUT2D eigenvalue weighted by Crippen LogP contribution is 2.28. The maximum atomic E-state index is 11.8. The molecule has 0 fully saturated rings. The molecule has 8 heteroatoms. The number of nitrogens with one attached hydrogen (secondary N) is 1. The summed E-state index contributed by atoms with van der Waals surface area (Å²) in [5.74, 6) is 0.211. The van der Waals surface area contributed by atoms with Gasteiger partial charge >= 0.3 is 0 Å². The van der Waals surface area contributed by atoms with Crippen molar-refractivity contribution in [1.82, 2.24) is 0 Å². The van der Waals surface area contributed by atoms with E-state index >= 15 is 0 Å². The lowest BCUT2D eigenvalue weighted by atomic mass is 10.1. The van der Waals surface area contributed by atoms with E-state index in [0.717, 1.165) is 12.3 Å². The summed E-state index contributed by atoms with van der Waals surface area (Å²) in [4.78, 5) is 11.3. The molecule has 0 bridgehead atoms. The van der Waals surface area contributed by atoms with E-state index in [1.807, 2.05) is 24.4 Å². The zero-order valence-electron chi connectivity index (χ0n) is 12.1. The molecule has 0 spiro atoms. The van der Waals surface area contributed by atoms with E-state index in [0.29, 0.717) is 12.2 Å². The van der Waals surface area contributed by atoms with Gasteiger partial charge in [-0.1, -0.05) is 13.0 Å². The maximum absolute atomic E-state index is 11.8. The molecule has 2 rings (SSSR count). The number of sulfone groups is 1. The molecule has 6 nitrogen and oxygen atoms in total. The van der Waals surface area contributed by atoms with Gasteiger partial charge in [-0.05, 0) is 17.5 Å². The van der Waals surface area contributed by atoms with Crippen molar-refractivity contribution < 1.29 is 13.3 Å². The highest BCUT2D eigenvalue weighted by Gasteiger charge is 2.19. The first-order chi connectivity index (χ1) is 10.3. The minimum atomic E-state index is -3.56. The van der Waals surface area contributed by atoms with Gasteiger partial charge in [0.1, 0.15) is 0 Å². The Morgan fingerprint density at radius 2 is 2.09 bits per heavy atom. The zero-order chi connectivity index (χ0) is 16.3. The molecule has 0 aliphatic carbocycles. The Morgan fingerprint density at radius 3 is 2.64 bits per heavy atom. The predicted octanol–water partition coefficient (Wildman–Crippen LogP) is 3.28.